The summed E-state index contributed by atoms with van der Waals surface area (Å²) in [6, 6.07) is 14.4. The van der Waals surface area contributed by atoms with E-state index in [1.165, 1.54) is 0 Å². The third-order valence-electron chi connectivity index (χ3n) is 2.90. The highest BCUT2D eigenvalue weighted by molar-refractivity contribution is 6.00. The van der Waals surface area contributed by atoms with E-state index in [1.54, 1.807) is 10.7 Å². The summed E-state index contributed by atoms with van der Waals surface area (Å²) in [6.07, 6.45) is 0. The average molecular weight is 267 g/mol. The van der Waals surface area contributed by atoms with E-state index in [9.17, 15) is 4.79 Å². The minimum Gasteiger partial charge on any atom is -0.308 e. The molecule has 3 aromatic rings. The molecule has 0 spiro atoms. The Morgan fingerprint density at radius 1 is 1.05 bits per heavy atom. The fraction of sp³-hybridized carbons (Fsp3) is 0.0714. The Labute approximate surface area is 115 Å². The number of carbonyl (C=O) groups is 1. The molecule has 1 heterocycles. The number of nitrogens with zero attached hydrogens (tertiary/aromatic N) is 3. The van der Waals surface area contributed by atoms with E-state index in [1.807, 2.05) is 49.5 Å². The molecule has 0 bridgehead atoms. The average Bonchev–Trinajstić information content (AvgIpc) is 2.81. The quantitative estimate of drug-likeness (QED) is 0.749. The molecule has 2 amide bonds. The van der Waals surface area contributed by atoms with Crippen molar-refractivity contribution in [2.24, 2.45) is 7.05 Å². The maximum atomic E-state index is 11.9. The van der Waals surface area contributed by atoms with Crippen LogP contribution in [0.5, 0.6) is 0 Å². The highest BCUT2D eigenvalue weighted by atomic mass is 16.2. The van der Waals surface area contributed by atoms with E-state index in [2.05, 4.69) is 20.9 Å². The van der Waals surface area contributed by atoms with Gasteiger partial charge in [-0.15, -0.1) is 5.10 Å². The first-order valence-corrected chi connectivity index (χ1v) is 6.15. The molecule has 0 atom stereocenters. The van der Waals surface area contributed by atoms with E-state index in [-0.39, 0.29) is 6.03 Å². The van der Waals surface area contributed by atoms with Gasteiger partial charge in [0.2, 0.25) is 0 Å². The molecule has 0 fully saturated rings. The van der Waals surface area contributed by atoms with Gasteiger partial charge in [0.15, 0.2) is 0 Å². The number of aryl methyl sites for hydroxylation is 1. The SMILES string of the molecule is Cn1nnc2cc(NC(=O)Nc3ccccc3)ccc21. The molecule has 0 aliphatic heterocycles. The number of anilines is 2. The van der Waals surface area contributed by atoms with Gasteiger partial charge in [-0.05, 0) is 30.3 Å². The monoisotopic (exact) mass is 267 g/mol. The third-order valence-corrected chi connectivity index (χ3v) is 2.90. The second-order valence-electron chi connectivity index (χ2n) is 4.36. The van der Waals surface area contributed by atoms with Crippen LogP contribution in [0, 0.1) is 0 Å². The van der Waals surface area contributed by atoms with Crippen LogP contribution >= 0.6 is 0 Å². The van der Waals surface area contributed by atoms with Crippen LogP contribution in [0.2, 0.25) is 0 Å². The Kier molecular flexibility index (Phi) is 3.04. The van der Waals surface area contributed by atoms with Crippen LogP contribution in [0.3, 0.4) is 0 Å². The molecule has 0 aliphatic carbocycles. The van der Waals surface area contributed by atoms with Crippen molar-refractivity contribution in [1.82, 2.24) is 15.0 Å². The predicted octanol–water partition coefficient (Wildman–Crippen LogP) is 2.61. The zero-order valence-electron chi connectivity index (χ0n) is 10.9. The fourth-order valence-corrected chi connectivity index (χ4v) is 1.93. The summed E-state index contributed by atoms with van der Waals surface area (Å²) in [6.45, 7) is 0. The largest absolute Gasteiger partial charge is 0.323 e. The van der Waals surface area contributed by atoms with Gasteiger partial charge < -0.3 is 10.6 Å². The third kappa shape index (κ3) is 2.44. The molecular weight excluding hydrogens is 254 g/mol. The summed E-state index contributed by atoms with van der Waals surface area (Å²) in [5.74, 6) is 0. The summed E-state index contributed by atoms with van der Waals surface area (Å²) >= 11 is 0. The summed E-state index contributed by atoms with van der Waals surface area (Å²) in [5.41, 5.74) is 3.07. The smallest absolute Gasteiger partial charge is 0.308 e. The number of carbonyl (C=O) groups excluding carboxylic acids is 1. The molecule has 1 aromatic heterocycles. The van der Waals surface area contributed by atoms with Crippen molar-refractivity contribution < 1.29 is 4.79 Å². The molecule has 6 heteroatoms. The van der Waals surface area contributed by atoms with E-state index in [0.717, 1.165) is 16.7 Å². The molecule has 6 nitrogen and oxygen atoms in total. The summed E-state index contributed by atoms with van der Waals surface area (Å²) < 4.78 is 1.68. The zero-order chi connectivity index (χ0) is 13.9. The Morgan fingerprint density at radius 2 is 1.80 bits per heavy atom. The molecule has 0 radical (unpaired) electrons. The molecule has 20 heavy (non-hydrogen) atoms. The molecule has 0 aliphatic rings. The molecule has 0 unspecified atom stereocenters. The first-order valence-electron chi connectivity index (χ1n) is 6.15. The van der Waals surface area contributed by atoms with Gasteiger partial charge >= 0.3 is 6.03 Å². The number of urea groups is 1. The second kappa shape index (κ2) is 5.00. The zero-order valence-corrected chi connectivity index (χ0v) is 10.9. The van der Waals surface area contributed by atoms with E-state index in [0.29, 0.717) is 5.69 Å². The first-order chi connectivity index (χ1) is 9.72. The topological polar surface area (TPSA) is 71.8 Å². The van der Waals surface area contributed by atoms with Gasteiger partial charge in [-0.3, -0.25) is 0 Å². The van der Waals surface area contributed by atoms with E-state index < -0.39 is 0 Å². The standard InChI is InChI=1S/C14H13N5O/c1-19-13-8-7-11(9-12(13)17-18-19)16-14(20)15-10-5-3-2-4-6-10/h2-9H,1H3,(H2,15,16,20). The maximum absolute atomic E-state index is 11.9. The fourth-order valence-electron chi connectivity index (χ4n) is 1.93. The normalized spacial score (nSPS) is 10.4. The number of rotatable bonds is 2. The highest BCUT2D eigenvalue weighted by Crippen LogP contribution is 2.16. The molecule has 2 aromatic carbocycles. The lowest BCUT2D eigenvalue weighted by atomic mass is 10.2. The van der Waals surface area contributed by atoms with Crippen LogP contribution in [-0.2, 0) is 7.05 Å². The van der Waals surface area contributed by atoms with Crippen LogP contribution in [-0.4, -0.2) is 21.0 Å². The van der Waals surface area contributed by atoms with Crippen LogP contribution < -0.4 is 10.6 Å². The highest BCUT2D eigenvalue weighted by Gasteiger charge is 2.05. The number of benzene rings is 2. The lowest BCUT2D eigenvalue weighted by Gasteiger charge is -2.07. The van der Waals surface area contributed by atoms with Crippen LogP contribution in [0.1, 0.15) is 0 Å². The summed E-state index contributed by atoms with van der Waals surface area (Å²) in [5, 5.41) is 13.5. The van der Waals surface area contributed by atoms with Gasteiger partial charge in [0.05, 0.1) is 5.52 Å². The van der Waals surface area contributed by atoms with Crippen molar-refractivity contribution in [2.45, 2.75) is 0 Å². The van der Waals surface area contributed by atoms with Crippen LogP contribution in [0.25, 0.3) is 11.0 Å². The molecular formula is C14H13N5O. The summed E-state index contributed by atoms with van der Waals surface area (Å²) in [7, 11) is 1.82. The van der Waals surface area contributed by atoms with Gasteiger partial charge in [0, 0.05) is 18.4 Å². The number of aromatic nitrogens is 3. The number of nitrogens with one attached hydrogen (secondary N) is 2. The Bertz CT molecular complexity index is 751. The summed E-state index contributed by atoms with van der Waals surface area (Å²) in [4.78, 5) is 11.9. The Hall–Kier alpha value is -2.89. The van der Waals surface area contributed by atoms with Crippen molar-refractivity contribution >= 4 is 28.4 Å². The molecule has 0 saturated carbocycles. The van der Waals surface area contributed by atoms with Gasteiger partial charge in [-0.25, -0.2) is 9.48 Å². The van der Waals surface area contributed by atoms with Crippen LogP contribution in [0.4, 0.5) is 16.2 Å². The number of amides is 2. The van der Waals surface area contributed by atoms with E-state index >= 15 is 0 Å². The Balaban J connectivity index is 1.74. The van der Waals surface area contributed by atoms with Gasteiger partial charge in [-0.1, -0.05) is 23.4 Å². The van der Waals surface area contributed by atoms with Gasteiger partial charge in [0.25, 0.3) is 0 Å². The number of hydrogen-bond acceptors (Lipinski definition) is 3. The van der Waals surface area contributed by atoms with Crippen molar-refractivity contribution in [1.29, 1.82) is 0 Å². The Morgan fingerprint density at radius 3 is 2.60 bits per heavy atom. The second-order valence-corrected chi connectivity index (χ2v) is 4.36. The van der Waals surface area contributed by atoms with Gasteiger partial charge in [-0.2, -0.15) is 0 Å². The number of hydrogen-bond donors (Lipinski definition) is 2. The molecule has 100 valence electrons. The van der Waals surface area contributed by atoms with Crippen molar-refractivity contribution in [3.8, 4) is 0 Å². The van der Waals surface area contributed by atoms with Crippen molar-refractivity contribution in [3.05, 3.63) is 48.5 Å². The maximum Gasteiger partial charge on any atom is 0.323 e. The lowest BCUT2D eigenvalue weighted by molar-refractivity contribution is 0.262. The minimum atomic E-state index is -0.292. The van der Waals surface area contributed by atoms with Crippen LogP contribution in [0.15, 0.2) is 48.5 Å². The number of para-hydroxylation sites is 1. The minimum absolute atomic E-state index is 0.292. The lowest BCUT2D eigenvalue weighted by Crippen LogP contribution is -2.19. The molecule has 0 saturated heterocycles. The predicted molar refractivity (Wildman–Crippen MR) is 77.6 cm³/mol. The first kappa shape index (κ1) is 12.2. The molecule has 3 rings (SSSR count). The van der Waals surface area contributed by atoms with E-state index in [4.69, 9.17) is 0 Å². The van der Waals surface area contributed by atoms with Gasteiger partial charge in [0.1, 0.15) is 5.52 Å². The molecule has 2 N–H and O–H groups in total. The number of fused-ring (bicyclic) bond motifs is 1. The van der Waals surface area contributed by atoms with Crippen molar-refractivity contribution in [3.63, 3.8) is 0 Å². The van der Waals surface area contributed by atoms with Crippen molar-refractivity contribution in [2.75, 3.05) is 10.6 Å².